The van der Waals surface area contributed by atoms with Crippen molar-refractivity contribution in [3.8, 4) is 0 Å². The largest absolute Gasteiger partial charge is 0.457 e. The molecule has 0 unspecified atom stereocenters. The second kappa shape index (κ2) is 6.84. The van der Waals surface area contributed by atoms with Gasteiger partial charge in [-0.2, -0.15) is 0 Å². The standard InChI is InChI=1S/C20H21NO3S/c1-20(2)16-8-4-5-9-17(16)21(3)18(20)11-14(22)13-24-19(23)12-15-7-6-10-25-15/h4-11H,12-13H2,1-3H3/b18-11+. The predicted octanol–water partition coefficient (Wildman–Crippen LogP) is 3.71. The van der Waals surface area contributed by atoms with Gasteiger partial charge in [0.25, 0.3) is 0 Å². The molecular weight excluding hydrogens is 334 g/mol. The molecule has 130 valence electrons. The summed E-state index contributed by atoms with van der Waals surface area (Å²) < 4.78 is 5.12. The molecule has 2 heterocycles. The number of carbonyl (C=O) groups is 2. The Hall–Kier alpha value is -2.40. The van der Waals surface area contributed by atoms with Gasteiger partial charge in [0.05, 0.1) is 6.42 Å². The molecule has 0 amide bonds. The van der Waals surface area contributed by atoms with Gasteiger partial charge in [0.2, 0.25) is 0 Å². The number of carbonyl (C=O) groups excluding carboxylic acids is 2. The Morgan fingerprint density at radius 2 is 1.96 bits per heavy atom. The fourth-order valence-corrected chi connectivity index (χ4v) is 3.90. The molecule has 0 radical (unpaired) electrons. The molecule has 0 saturated heterocycles. The zero-order chi connectivity index (χ0) is 18.0. The Kier molecular flexibility index (Phi) is 4.77. The lowest BCUT2D eigenvalue weighted by Crippen LogP contribution is -2.25. The zero-order valence-corrected chi connectivity index (χ0v) is 15.4. The summed E-state index contributed by atoms with van der Waals surface area (Å²) in [5.74, 6) is -0.584. The van der Waals surface area contributed by atoms with Gasteiger partial charge in [-0.1, -0.05) is 38.1 Å². The molecule has 0 aliphatic carbocycles. The maximum Gasteiger partial charge on any atom is 0.311 e. The maximum atomic E-state index is 12.3. The number of hydrogen-bond acceptors (Lipinski definition) is 5. The molecule has 1 aromatic heterocycles. The summed E-state index contributed by atoms with van der Waals surface area (Å²) >= 11 is 1.50. The monoisotopic (exact) mass is 355 g/mol. The fourth-order valence-electron chi connectivity index (χ4n) is 3.21. The smallest absolute Gasteiger partial charge is 0.311 e. The Bertz CT molecular complexity index is 821. The molecule has 0 spiro atoms. The van der Waals surface area contributed by atoms with Crippen LogP contribution in [0.1, 0.15) is 24.3 Å². The van der Waals surface area contributed by atoms with E-state index in [1.807, 2.05) is 47.7 Å². The van der Waals surface area contributed by atoms with Crippen molar-refractivity contribution in [1.29, 1.82) is 0 Å². The first-order valence-electron chi connectivity index (χ1n) is 8.16. The summed E-state index contributed by atoms with van der Waals surface area (Å²) in [6.07, 6.45) is 1.80. The molecule has 0 atom stereocenters. The number of ketones is 1. The molecule has 0 saturated carbocycles. The van der Waals surface area contributed by atoms with Crippen LogP contribution >= 0.6 is 11.3 Å². The van der Waals surface area contributed by atoms with Gasteiger partial charge in [-0.25, -0.2) is 0 Å². The van der Waals surface area contributed by atoms with Crippen LogP contribution in [0.2, 0.25) is 0 Å². The number of rotatable bonds is 5. The first-order valence-corrected chi connectivity index (χ1v) is 9.04. The van der Waals surface area contributed by atoms with Gasteiger partial charge in [-0.05, 0) is 23.1 Å². The normalized spacial score (nSPS) is 16.8. The van der Waals surface area contributed by atoms with Crippen LogP contribution in [0.15, 0.2) is 53.6 Å². The van der Waals surface area contributed by atoms with E-state index in [9.17, 15) is 9.59 Å². The van der Waals surface area contributed by atoms with E-state index in [0.717, 1.165) is 16.3 Å². The summed E-state index contributed by atoms with van der Waals surface area (Å²) in [7, 11) is 1.95. The summed E-state index contributed by atoms with van der Waals surface area (Å²) in [5.41, 5.74) is 2.93. The highest BCUT2D eigenvalue weighted by Gasteiger charge is 2.38. The van der Waals surface area contributed by atoms with Crippen LogP contribution < -0.4 is 4.90 Å². The lowest BCUT2D eigenvalue weighted by atomic mass is 9.83. The molecule has 0 bridgehead atoms. The third kappa shape index (κ3) is 3.51. The van der Waals surface area contributed by atoms with E-state index in [-0.39, 0.29) is 30.2 Å². The average molecular weight is 355 g/mol. The van der Waals surface area contributed by atoms with E-state index in [0.29, 0.717) is 0 Å². The van der Waals surface area contributed by atoms with Crippen molar-refractivity contribution in [3.63, 3.8) is 0 Å². The van der Waals surface area contributed by atoms with Crippen LogP contribution in [0.25, 0.3) is 0 Å². The van der Waals surface area contributed by atoms with Crippen molar-refractivity contribution in [2.75, 3.05) is 18.6 Å². The number of allylic oxidation sites excluding steroid dienone is 1. The van der Waals surface area contributed by atoms with Crippen molar-refractivity contribution in [2.24, 2.45) is 0 Å². The first-order chi connectivity index (χ1) is 11.9. The summed E-state index contributed by atoms with van der Waals surface area (Å²) in [6, 6.07) is 11.9. The van der Waals surface area contributed by atoms with E-state index in [4.69, 9.17) is 4.74 Å². The van der Waals surface area contributed by atoms with E-state index in [1.165, 1.54) is 16.9 Å². The maximum absolute atomic E-state index is 12.3. The molecule has 1 aromatic carbocycles. The van der Waals surface area contributed by atoms with Gasteiger partial charge >= 0.3 is 5.97 Å². The number of fused-ring (bicyclic) bond motifs is 1. The SMILES string of the molecule is CN1/C(=C/C(=O)COC(=O)Cc2cccs2)C(C)(C)c2ccccc21. The molecule has 2 aromatic rings. The van der Waals surface area contributed by atoms with Gasteiger partial charge in [0, 0.05) is 34.8 Å². The number of hydrogen-bond donors (Lipinski definition) is 0. The predicted molar refractivity (Wildman–Crippen MR) is 99.9 cm³/mol. The van der Waals surface area contributed by atoms with Crippen molar-refractivity contribution in [3.05, 3.63) is 64.0 Å². The number of anilines is 1. The molecule has 3 rings (SSSR count). The Labute approximate surface area is 151 Å². The minimum atomic E-state index is -0.378. The Balaban J connectivity index is 1.66. The van der Waals surface area contributed by atoms with Gasteiger partial charge in [0.15, 0.2) is 12.4 Å². The number of thiophene rings is 1. The van der Waals surface area contributed by atoms with Crippen LogP contribution in [0.3, 0.4) is 0 Å². The molecule has 0 fully saturated rings. The van der Waals surface area contributed by atoms with Crippen LogP contribution in [0.4, 0.5) is 5.69 Å². The third-order valence-electron chi connectivity index (χ3n) is 4.51. The van der Waals surface area contributed by atoms with Gasteiger partial charge in [0.1, 0.15) is 0 Å². The van der Waals surface area contributed by atoms with Crippen molar-refractivity contribution in [2.45, 2.75) is 25.7 Å². The molecule has 5 heteroatoms. The first kappa shape index (κ1) is 17.4. The number of likely N-dealkylation sites (N-methyl/N-ethyl adjacent to an activating group) is 1. The number of ether oxygens (including phenoxy) is 1. The van der Waals surface area contributed by atoms with Crippen molar-refractivity contribution >= 4 is 28.8 Å². The van der Waals surface area contributed by atoms with Gasteiger partial charge in [-0.15, -0.1) is 11.3 Å². The van der Waals surface area contributed by atoms with Gasteiger partial charge in [-0.3, -0.25) is 9.59 Å². The number of benzene rings is 1. The van der Waals surface area contributed by atoms with Crippen molar-refractivity contribution in [1.82, 2.24) is 0 Å². The van der Waals surface area contributed by atoms with Crippen molar-refractivity contribution < 1.29 is 14.3 Å². The molecule has 4 nitrogen and oxygen atoms in total. The Morgan fingerprint density at radius 1 is 1.20 bits per heavy atom. The van der Waals surface area contributed by atoms with E-state index < -0.39 is 0 Å². The van der Waals surface area contributed by atoms with Crippen LogP contribution in [0.5, 0.6) is 0 Å². The quantitative estimate of drug-likeness (QED) is 0.606. The van der Waals surface area contributed by atoms with E-state index in [2.05, 4.69) is 19.9 Å². The summed E-state index contributed by atoms with van der Waals surface area (Å²) in [5, 5.41) is 1.91. The van der Waals surface area contributed by atoms with E-state index >= 15 is 0 Å². The number of para-hydroxylation sites is 1. The Morgan fingerprint density at radius 3 is 2.64 bits per heavy atom. The fraction of sp³-hybridized carbons (Fsp3) is 0.300. The van der Waals surface area contributed by atoms with Crippen LogP contribution in [-0.4, -0.2) is 25.4 Å². The topological polar surface area (TPSA) is 46.6 Å². The highest BCUT2D eigenvalue weighted by Crippen LogP contribution is 2.46. The number of esters is 1. The third-order valence-corrected chi connectivity index (χ3v) is 5.39. The highest BCUT2D eigenvalue weighted by atomic mass is 32.1. The lowest BCUT2D eigenvalue weighted by molar-refractivity contribution is -0.146. The molecule has 25 heavy (non-hydrogen) atoms. The average Bonchev–Trinajstić information content (AvgIpc) is 3.15. The van der Waals surface area contributed by atoms with Gasteiger partial charge < -0.3 is 9.64 Å². The summed E-state index contributed by atoms with van der Waals surface area (Å²) in [6.45, 7) is 3.96. The van der Waals surface area contributed by atoms with Crippen LogP contribution in [-0.2, 0) is 26.2 Å². The zero-order valence-electron chi connectivity index (χ0n) is 14.6. The molecular formula is C20H21NO3S. The number of nitrogens with zero attached hydrogens (tertiary/aromatic N) is 1. The molecule has 1 aliphatic heterocycles. The highest BCUT2D eigenvalue weighted by molar-refractivity contribution is 7.10. The second-order valence-electron chi connectivity index (χ2n) is 6.61. The summed E-state index contributed by atoms with van der Waals surface area (Å²) in [4.78, 5) is 27.1. The lowest BCUT2D eigenvalue weighted by Gasteiger charge is -2.23. The molecule has 1 aliphatic rings. The molecule has 0 N–H and O–H groups in total. The minimum Gasteiger partial charge on any atom is -0.457 e. The second-order valence-corrected chi connectivity index (χ2v) is 7.65. The minimum absolute atomic E-state index is 0.206. The van der Waals surface area contributed by atoms with Crippen LogP contribution in [0, 0.1) is 0 Å². The van der Waals surface area contributed by atoms with E-state index in [1.54, 1.807) is 6.08 Å².